The SMILES string of the molecule is O=S(=O)(c1ccccc1)N1CCC(OC2CCN(Cc3cccnc3)CC2)CC1. The lowest BCUT2D eigenvalue weighted by molar-refractivity contribution is -0.0595. The molecule has 0 bridgehead atoms. The van der Waals surface area contributed by atoms with Crippen LogP contribution in [0.3, 0.4) is 0 Å². The van der Waals surface area contributed by atoms with E-state index in [2.05, 4.69) is 16.0 Å². The second-order valence-electron chi connectivity index (χ2n) is 7.89. The third kappa shape index (κ3) is 5.22. The summed E-state index contributed by atoms with van der Waals surface area (Å²) in [4.78, 5) is 7.01. The molecule has 0 N–H and O–H groups in total. The van der Waals surface area contributed by atoms with Gasteiger partial charge in [0.15, 0.2) is 0 Å². The zero-order valence-electron chi connectivity index (χ0n) is 16.7. The first-order valence-electron chi connectivity index (χ1n) is 10.4. The Hall–Kier alpha value is -1.80. The molecule has 1 aromatic heterocycles. The second-order valence-corrected chi connectivity index (χ2v) is 9.83. The van der Waals surface area contributed by atoms with Crippen LogP contribution < -0.4 is 0 Å². The summed E-state index contributed by atoms with van der Waals surface area (Å²) in [5.74, 6) is 0. The van der Waals surface area contributed by atoms with Crippen molar-refractivity contribution in [1.82, 2.24) is 14.2 Å². The number of hydrogen-bond donors (Lipinski definition) is 0. The van der Waals surface area contributed by atoms with E-state index in [4.69, 9.17) is 4.74 Å². The first kappa shape index (κ1) is 20.5. The summed E-state index contributed by atoms with van der Waals surface area (Å²) in [6.07, 6.45) is 7.77. The van der Waals surface area contributed by atoms with Crippen LogP contribution in [-0.2, 0) is 21.3 Å². The molecule has 2 saturated heterocycles. The standard InChI is InChI=1S/C22H29N3O3S/c26-29(27,22-6-2-1-3-7-22)25-15-10-21(11-16-25)28-20-8-13-24(14-9-20)18-19-5-4-12-23-17-19/h1-7,12,17,20-21H,8-11,13-16,18H2. The number of sulfonamides is 1. The zero-order valence-corrected chi connectivity index (χ0v) is 17.5. The number of likely N-dealkylation sites (tertiary alicyclic amines) is 1. The number of rotatable bonds is 6. The van der Waals surface area contributed by atoms with E-state index in [1.54, 1.807) is 34.8 Å². The van der Waals surface area contributed by atoms with E-state index in [0.29, 0.717) is 18.0 Å². The molecule has 0 spiro atoms. The quantitative estimate of drug-likeness (QED) is 0.726. The van der Waals surface area contributed by atoms with Gasteiger partial charge in [-0.1, -0.05) is 24.3 Å². The topological polar surface area (TPSA) is 62.7 Å². The fourth-order valence-electron chi connectivity index (χ4n) is 4.18. The van der Waals surface area contributed by atoms with E-state index in [1.165, 1.54) is 5.56 Å². The van der Waals surface area contributed by atoms with E-state index in [-0.39, 0.29) is 12.2 Å². The molecule has 6 nitrogen and oxygen atoms in total. The minimum atomic E-state index is -3.39. The maximum absolute atomic E-state index is 12.7. The average Bonchev–Trinajstić information content (AvgIpc) is 2.77. The second kappa shape index (κ2) is 9.34. The molecule has 4 rings (SSSR count). The van der Waals surface area contributed by atoms with Gasteiger partial charge < -0.3 is 4.74 Å². The maximum Gasteiger partial charge on any atom is 0.243 e. The van der Waals surface area contributed by atoms with Gasteiger partial charge in [0.05, 0.1) is 17.1 Å². The molecule has 2 aromatic rings. The van der Waals surface area contributed by atoms with Gasteiger partial charge in [-0.25, -0.2) is 8.42 Å². The maximum atomic E-state index is 12.7. The van der Waals surface area contributed by atoms with Gasteiger partial charge in [0.2, 0.25) is 10.0 Å². The van der Waals surface area contributed by atoms with Gasteiger partial charge in [-0.2, -0.15) is 4.31 Å². The molecule has 0 atom stereocenters. The smallest absolute Gasteiger partial charge is 0.243 e. The van der Waals surface area contributed by atoms with Gasteiger partial charge in [-0.05, 0) is 49.4 Å². The average molecular weight is 416 g/mol. The third-order valence-electron chi connectivity index (χ3n) is 5.83. The molecule has 0 amide bonds. The highest BCUT2D eigenvalue weighted by atomic mass is 32.2. The van der Waals surface area contributed by atoms with Crippen LogP contribution in [0.4, 0.5) is 0 Å². The van der Waals surface area contributed by atoms with Crippen LogP contribution in [-0.4, -0.2) is 61.0 Å². The molecule has 3 heterocycles. The molecule has 2 aliphatic heterocycles. The molecule has 0 aliphatic carbocycles. The highest BCUT2D eigenvalue weighted by Gasteiger charge is 2.31. The fraction of sp³-hybridized carbons (Fsp3) is 0.500. The zero-order chi connectivity index (χ0) is 20.1. The summed E-state index contributed by atoms with van der Waals surface area (Å²) in [5, 5.41) is 0. The Balaban J connectivity index is 1.22. The third-order valence-corrected chi connectivity index (χ3v) is 7.74. The summed E-state index contributed by atoms with van der Waals surface area (Å²) in [5.41, 5.74) is 1.25. The number of aromatic nitrogens is 1. The van der Waals surface area contributed by atoms with E-state index in [0.717, 1.165) is 45.3 Å². The number of hydrogen-bond acceptors (Lipinski definition) is 5. The van der Waals surface area contributed by atoms with Crippen molar-refractivity contribution in [2.75, 3.05) is 26.2 Å². The molecule has 2 aliphatic rings. The fourth-order valence-corrected chi connectivity index (χ4v) is 5.67. The van der Waals surface area contributed by atoms with Crippen molar-refractivity contribution < 1.29 is 13.2 Å². The van der Waals surface area contributed by atoms with Gasteiger partial charge in [0.25, 0.3) is 0 Å². The lowest BCUT2D eigenvalue weighted by Gasteiger charge is -2.36. The Bertz CT molecular complexity index is 861. The highest BCUT2D eigenvalue weighted by Crippen LogP contribution is 2.25. The van der Waals surface area contributed by atoms with Gasteiger partial charge in [0, 0.05) is 45.1 Å². The molecule has 0 saturated carbocycles. The Morgan fingerprint density at radius 1 is 0.897 bits per heavy atom. The van der Waals surface area contributed by atoms with Crippen molar-refractivity contribution in [3.63, 3.8) is 0 Å². The van der Waals surface area contributed by atoms with E-state index < -0.39 is 10.0 Å². The monoisotopic (exact) mass is 415 g/mol. The number of piperidine rings is 2. The van der Waals surface area contributed by atoms with Crippen molar-refractivity contribution in [1.29, 1.82) is 0 Å². The highest BCUT2D eigenvalue weighted by molar-refractivity contribution is 7.89. The molecule has 0 radical (unpaired) electrons. The molecule has 2 fully saturated rings. The van der Waals surface area contributed by atoms with Crippen LogP contribution in [0, 0.1) is 0 Å². The molecular weight excluding hydrogens is 386 g/mol. The lowest BCUT2D eigenvalue weighted by atomic mass is 10.0. The number of pyridine rings is 1. The first-order valence-corrected chi connectivity index (χ1v) is 11.9. The Kier molecular flexibility index (Phi) is 6.60. The molecule has 29 heavy (non-hydrogen) atoms. The summed E-state index contributed by atoms with van der Waals surface area (Å²) < 4.78 is 33.4. The molecule has 0 unspecified atom stereocenters. The summed E-state index contributed by atoms with van der Waals surface area (Å²) >= 11 is 0. The van der Waals surface area contributed by atoms with Gasteiger partial charge in [-0.15, -0.1) is 0 Å². The Morgan fingerprint density at radius 3 is 2.17 bits per heavy atom. The van der Waals surface area contributed by atoms with E-state index in [1.807, 2.05) is 18.3 Å². The Labute approximate surface area is 173 Å². The largest absolute Gasteiger partial charge is 0.375 e. The van der Waals surface area contributed by atoms with Crippen LogP contribution in [0.5, 0.6) is 0 Å². The van der Waals surface area contributed by atoms with Crippen molar-refractivity contribution >= 4 is 10.0 Å². The van der Waals surface area contributed by atoms with Gasteiger partial charge >= 0.3 is 0 Å². The van der Waals surface area contributed by atoms with Gasteiger partial charge in [-0.3, -0.25) is 9.88 Å². The molecule has 1 aromatic carbocycles. The number of ether oxygens (including phenoxy) is 1. The predicted molar refractivity (Wildman–Crippen MR) is 112 cm³/mol. The van der Waals surface area contributed by atoms with Crippen LogP contribution >= 0.6 is 0 Å². The Morgan fingerprint density at radius 2 is 1.55 bits per heavy atom. The summed E-state index contributed by atoms with van der Waals surface area (Å²) in [7, 11) is -3.39. The molecular formula is C22H29N3O3S. The molecule has 156 valence electrons. The van der Waals surface area contributed by atoms with Crippen LogP contribution in [0.1, 0.15) is 31.2 Å². The van der Waals surface area contributed by atoms with Crippen LogP contribution in [0.15, 0.2) is 59.8 Å². The number of benzene rings is 1. The van der Waals surface area contributed by atoms with Crippen molar-refractivity contribution in [2.24, 2.45) is 0 Å². The lowest BCUT2D eigenvalue weighted by Crippen LogP contribution is -2.43. The summed E-state index contributed by atoms with van der Waals surface area (Å²) in [6, 6.07) is 12.8. The molecule has 7 heteroatoms. The summed E-state index contributed by atoms with van der Waals surface area (Å²) in [6.45, 7) is 4.06. The van der Waals surface area contributed by atoms with E-state index >= 15 is 0 Å². The normalized spacial score (nSPS) is 20.7. The van der Waals surface area contributed by atoms with Crippen molar-refractivity contribution in [3.05, 3.63) is 60.4 Å². The van der Waals surface area contributed by atoms with Crippen molar-refractivity contribution in [2.45, 2.75) is 49.3 Å². The van der Waals surface area contributed by atoms with Crippen molar-refractivity contribution in [3.8, 4) is 0 Å². The van der Waals surface area contributed by atoms with Crippen LogP contribution in [0.25, 0.3) is 0 Å². The predicted octanol–water partition coefficient (Wildman–Crippen LogP) is 2.92. The minimum absolute atomic E-state index is 0.159. The van der Waals surface area contributed by atoms with Crippen LogP contribution in [0.2, 0.25) is 0 Å². The minimum Gasteiger partial charge on any atom is -0.375 e. The first-order chi connectivity index (χ1) is 14.1. The van der Waals surface area contributed by atoms with Gasteiger partial charge in [0.1, 0.15) is 0 Å². The van der Waals surface area contributed by atoms with E-state index in [9.17, 15) is 8.42 Å². The number of nitrogens with zero attached hydrogens (tertiary/aromatic N) is 3.